The van der Waals surface area contributed by atoms with Crippen LogP contribution in [0.4, 0.5) is 0 Å². The van der Waals surface area contributed by atoms with Crippen LogP contribution < -0.4 is 16.0 Å². The Morgan fingerprint density at radius 2 is 1.91 bits per heavy atom. The van der Waals surface area contributed by atoms with Gasteiger partial charge in [0.15, 0.2) is 0 Å². The molecule has 2 amide bonds. The lowest BCUT2D eigenvalue weighted by Gasteiger charge is -2.25. The van der Waals surface area contributed by atoms with Gasteiger partial charge in [0.1, 0.15) is 6.04 Å². The standard InChI is InChI=1S/C17H33N3O2.ClH/c1-12(2)10-15(21)20-16(13(3)4)17(22)19-9-7-14-6-5-8-18-11-14;/h12-14,16,18H,5-11H2,1-4H3,(H,19,22)(H,20,21);1H. The first kappa shape index (κ1) is 22.2. The topological polar surface area (TPSA) is 70.2 Å². The third-order valence-corrected chi connectivity index (χ3v) is 4.11. The van der Waals surface area contributed by atoms with E-state index in [1.807, 2.05) is 27.7 Å². The second-order valence-corrected chi connectivity index (χ2v) is 7.18. The number of hydrogen-bond donors (Lipinski definition) is 3. The number of nitrogens with one attached hydrogen (secondary N) is 3. The number of amides is 2. The maximum Gasteiger partial charge on any atom is 0.242 e. The molecule has 0 bridgehead atoms. The van der Waals surface area contributed by atoms with E-state index in [9.17, 15) is 9.59 Å². The fourth-order valence-electron chi connectivity index (χ4n) is 2.82. The summed E-state index contributed by atoms with van der Waals surface area (Å²) in [5.41, 5.74) is 0. The second-order valence-electron chi connectivity index (χ2n) is 7.18. The molecule has 23 heavy (non-hydrogen) atoms. The van der Waals surface area contributed by atoms with E-state index in [0.717, 1.165) is 19.5 Å². The molecule has 0 aromatic carbocycles. The molecular weight excluding hydrogens is 314 g/mol. The highest BCUT2D eigenvalue weighted by Crippen LogP contribution is 2.13. The summed E-state index contributed by atoms with van der Waals surface area (Å²) in [6.07, 6.45) is 3.92. The van der Waals surface area contributed by atoms with Gasteiger partial charge in [0.25, 0.3) is 0 Å². The molecule has 1 rings (SSSR count). The predicted molar refractivity (Wildman–Crippen MR) is 96.7 cm³/mol. The lowest BCUT2D eigenvalue weighted by molar-refractivity contribution is -0.130. The highest BCUT2D eigenvalue weighted by molar-refractivity contribution is 5.87. The minimum absolute atomic E-state index is 0. The number of carbonyl (C=O) groups is 2. The number of carbonyl (C=O) groups excluding carboxylic acids is 2. The molecule has 1 aliphatic rings. The molecule has 5 nitrogen and oxygen atoms in total. The van der Waals surface area contributed by atoms with Gasteiger partial charge in [-0.25, -0.2) is 0 Å². The smallest absolute Gasteiger partial charge is 0.242 e. The van der Waals surface area contributed by atoms with E-state index in [0.29, 0.717) is 24.8 Å². The van der Waals surface area contributed by atoms with E-state index in [4.69, 9.17) is 0 Å². The molecule has 0 radical (unpaired) electrons. The summed E-state index contributed by atoms with van der Waals surface area (Å²) in [5, 5.41) is 9.25. The van der Waals surface area contributed by atoms with Crippen LogP contribution in [0, 0.1) is 17.8 Å². The third kappa shape index (κ3) is 9.16. The number of rotatable bonds is 8. The number of hydrogen-bond acceptors (Lipinski definition) is 3. The van der Waals surface area contributed by atoms with Crippen LogP contribution in [0.1, 0.15) is 53.4 Å². The van der Waals surface area contributed by atoms with Gasteiger partial charge in [-0.15, -0.1) is 12.4 Å². The molecule has 1 fully saturated rings. The summed E-state index contributed by atoms with van der Waals surface area (Å²) >= 11 is 0. The molecule has 1 saturated heterocycles. The van der Waals surface area contributed by atoms with Gasteiger partial charge in [-0.1, -0.05) is 27.7 Å². The number of piperidine rings is 1. The zero-order valence-electron chi connectivity index (χ0n) is 15.0. The molecule has 1 aliphatic heterocycles. The van der Waals surface area contributed by atoms with Crippen LogP contribution in [0.15, 0.2) is 0 Å². The van der Waals surface area contributed by atoms with Crippen LogP contribution in [-0.2, 0) is 9.59 Å². The van der Waals surface area contributed by atoms with Crippen molar-refractivity contribution >= 4 is 24.2 Å². The molecule has 2 unspecified atom stereocenters. The first-order valence-electron chi connectivity index (χ1n) is 8.68. The summed E-state index contributed by atoms with van der Waals surface area (Å²) in [7, 11) is 0. The second kappa shape index (κ2) is 11.7. The Bertz CT molecular complexity index is 356. The minimum atomic E-state index is -0.435. The van der Waals surface area contributed by atoms with Crippen molar-refractivity contribution in [1.82, 2.24) is 16.0 Å². The van der Waals surface area contributed by atoms with Crippen LogP contribution in [0.3, 0.4) is 0 Å². The van der Waals surface area contributed by atoms with Crippen molar-refractivity contribution < 1.29 is 9.59 Å². The van der Waals surface area contributed by atoms with Crippen molar-refractivity contribution in [3.05, 3.63) is 0 Å². The Hall–Kier alpha value is -0.810. The summed E-state index contributed by atoms with van der Waals surface area (Å²) in [6, 6.07) is -0.435. The van der Waals surface area contributed by atoms with Gasteiger partial charge in [0, 0.05) is 13.0 Å². The average Bonchev–Trinajstić information content (AvgIpc) is 2.44. The summed E-state index contributed by atoms with van der Waals surface area (Å²) in [4.78, 5) is 24.2. The third-order valence-electron chi connectivity index (χ3n) is 4.11. The van der Waals surface area contributed by atoms with E-state index >= 15 is 0 Å². The zero-order chi connectivity index (χ0) is 16.5. The van der Waals surface area contributed by atoms with Gasteiger partial charge in [0.2, 0.25) is 11.8 Å². The van der Waals surface area contributed by atoms with Crippen LogP contribution in [0.25, 0.3) is 0 Å². The van der Waals surface area contributed by atoms with Gasteiger partial charge in [-0.3, -0.25) is 9.59 Å². The normalized spacial score (nSPS) is 19.1. The van der Waals surface area contributed by atoms with Gasteiger partial charge in [0.05, 0.1) is 0 Å². The monoisotopic (exact) mass is 347 g/mol. The summed E-state index contributed by atoms with van der Waals surface area (Å²) in [5.74, 6) is 0.945. The Morgan fingerprint density at radius 1 is 1.22 bits per heavy atom. The van der Waals surface area contributed by atoms with Crippen molar-refractivity contribution in [3.63, 3.8) is 0 Å². The van der Waals surface area contributed by atoms with Crippen LogP contribution >= 0.6 is 12.4 Å². The number of halogens is 1. The van der Waals surface area contributed by atoms with Gasteiger partial charge in [-0.2, -0.15) is 0 Å². The van der Waals surface area contributed by atoms with E-state index < -0.39 is 6.04 Å². The predicted octanol–water partition coefficient (Wildman–Crippen LogP) is 2.10. The Morgan fingerprint density at radius 3 is 2.43 bits per heavy atom. The molecule has 136 valence electrons. The lowest BCUT2D eigenvalue weighted by Crippen LogP contribution is -2.50. The maximum absolute atomic E-state index is 12.3. The Labute approximate surface area is 147 Å². The molecule has 0 saturated carbocycles. The highest BCUT2D eigenvalue weighted by atomic mass is 35.5. The molecule has 6 heteroatoms. The lowest BCUT2D eigenvalue weighted by atomic mass is 9.96. The Kier molecular flexibility index (Phi) is 11.3. The van der Waals surface area contributed by atoms with Gasteiger partial charge < -0.3 is 16.0 Å². The first-order chi connectivity index (χ1) is 10.4. The molecule has 0 aromatic rings. The van der Waals surface area contributed by atoms with Crippen LogP contribution in [0.5, 0.6) is 0 Å². The van der Waals surface area contributed by atoms with Crippen LogP contribution in [0.2, 0.25) is 0 Å². The minimum Gasteiger partial charge on any atom is -0.354 e. The zero-order valence-corrected chi connectivity index (χ0v) is 15.8. The molecule has 0 aromatic heterocycles. The van der Waals surface area contributed by atoms with E-state index in [1.54, 1.807) is 0 Å². The summed E-state index contributed by atoms with van der Waals surface area (Å²) < 4.78 is 0. The van der Waals surface area contributed by atoms with Crippen molar-refractivity contribution in [2.45, 2.75) is 59.4 Å². The Balaban J connectivity index is 0.00000484. The average molecular weight is 348 g/mol. The molecular formula is C17H34ClN3O2. The molecule has 0 spiro atoms. The largest absolute Gasteiger partial charge is 0.354 e. The van der Waals surface area contributed by atoms with Crippen molar-refractivity contribution in [2.75, 3.05) is 19.6 Å². The van der Waals surface area contributed by atoms with Gasteiger partial charge >= 0.3 is 0 Å². The highest BCUT2D eigenvalue weighted by Gasteiger charge is 2.24. The van der Waals surface area contributed by atoms with Gasteiger partial charge in [-0.05, 0) is 50.1 Å². The first-order valence-corrected chi connectivity index (χ1v) is 8.68. The summed E-state index contributed by atoms with van der Waals surface area (Å²) in [6.45, 7) is 10.8. The van der Waals surface area contributed by atoms with E-state index in [2.05, 4.69) is 16.0 Å². The molecule has 3 N–H and O–H groups in total. The van der Waals surface area contributed by atoms with Crippen molar-refractivity contribution in [2.24, 2.45) is 17.8 Å². The molecule has 2 atom stereocenters. The van der Waals surface area contributed by atoms with Crippen molar-refractivity contribution in [3.8, 4) is 0 Å². The maximum atomic E-state index is 12.3. The fourth-order valence-corrected chi connectivity index (χ4v) is 2.82. The molecule has 1 heterocycles. The quantitative estimate of drug-likeness (QED) is 0.629. The van der Waals surface area contributed by atoms with Crippen molar-refractivity contribution in [1.29, 1.82) is 0 Å². The fraction of sp³-hybridized carbons (Fsp3) is 0.882. The van der Waals surface area contributed by atoms with E-state index in [1.165, 1.54) is 12.8 Å². The van der Waals surface area contributed by atoms with E-state index in [-0.39, 0.29) is 30.1 Å². The molecule has 0 aliphatic carbocycles. The SMILES string of the molecule is CC(C)CC(=O)NC(C(=O)NCCC1CCCNC1)C(C)C.Cl. The van der Waals surface area contributed by atoms with Crippen LogP contribution in [-0.4, -0.2) is 37.5 Å².